The van der Waals surface area contributed by atoms with E-state index in [0.29, 0.717) is 43.3 Å². The van der Waals surface area contributed by atoms with Gasteiger partial charge in [0, 0.05) is 63.9 Å². The maximum atomic E-state index is 14.6. The fourth-order valence-corrected chi connectivity index (χ4v) is 11.3. The average molecular weight is 1120 g/mol. The van der Waals surface area contributed by atoms with Crippen molar-refractivity contribution in [2.24, 2.45) is 17.8 Å². The number of nitrogens with zero attached hydrogens (tertiary/aromatic N) is 2. The van der Waals surface area contributed by atoms with Crippen molar-refractivity contribution in [3.8, 4) is 0 Å². The predicted molar refractivity (Wildman–Crippen MR) is 289 cm³/mol. The fraction of sp³-hybridized carbons (Fsp3) is 0.772. The molecule has 1 amide bonds. The van der Waals surface area contributed by atoms with E-state index in [4.69, 9.17) is 47.4 Å². The van der Waals surface area contributed by atoms with Gasteiger partial charge in [0.05, 0.1) is 79.7 Å². The monoisotopic (exact) mass is 1120 g/mol. The molecule has 5 N–H and O–H groups in total. The Hall–Kier alpha value is -4.17. The molecule has 0 spiro atoms. The number of aromatic carboxylic acids is 1. The number of carbonyl (C=O) groups is 4. The van der Waals surface area contributed by atoms with Crippen molar-refractivity contribution >= 4 is 34.7 Å². The number of likely N-dealkylation sites (N-methyl/N-ethyl adjacent to an activating group) is 1. The summed E-state index contributed by atoms with van der Waals surface area (Å²) in [4.78, 5) is 68.0. The Balaban J connectivity index is 1.27. The number of aliphatic hydroxyl groups is 3. The van der Waals surface area contributed by atoms with E-state index in [1.54, 1.807) is 45.3 Å². The fourth-order valence-electron chi connectivity index (χ4n) is 11.3. The number of nitrogens with one attached hydrogen (secondary N) is 1. The number of carboxylic acids is 1. The molecule has 0 aliphatic carbocycles. The highest BCUT2D eigenvalue weighted by molar-refractivity contribution is 5.92. The zero-order valence-corrected chi connectivity index (χ0v) is 48.9. The number of esters is 2. The number of hydrogen-bond donors (Lipinski definition) is 5. The number of aliphatic hydroxyl groups excluding tert-OH is 2. The molecule has 3 aliphatic heterocycles. The van der Waals surface area contributed by atoms with Crippen LogP contribution in [0.25, 0.3) is 10.9 Å². The minimum Gasteiger partial charge on any atom is -0.477 e. The predicted octanol–water partition coefficient (Wildman–Crippen LogP) is 3.99. The van der Waals surface area contributed by atoms with E-state index in [-0.39, 0.29) is 69.8 Å². The number of amides is 1. The minimum absolute atomic E-state index is 0.0254. The summed E-state index contributed by atoms with van der Waals surface area (Å²) in [6.45, 7) is 18.5. The lowest BCUT2D eigenvalue weighted by Gasteiger charge is -2.49. The summed E-state index contributed by atoms with van der Waals surface area (Å²) in [7, 11) is 6.71. The van der Waals surface area contributed by atoms with Crippen LogP contribution in [0, 0.1) is 17.8 Å². The normalized spacial score (nSPS) is 35.3. The maximum Gasteiger partial charge on any atom is 0.341 e. The van der Waals surface area contributed by atoms with Gasteiger partial charge in [-0.15, -0.1) is 0 Å². The second-order valence-corrected chi connectivity index (χ2v) is 22.5. The smallest absolute Gasteiger partial charge is 0.341 e. The highest BCUT2D eigenvalue weighted by Gasteiger charge is 2.54. The molecular formula is C57H91N3O19. The lowest BCUT2D eigenvalue weighted by molar-refractivity contribution is -0.319. The second kappa shape index (κ2) is 28.7. The first-order chi connectivity index (χ1) is 37.2. The lowest BCUT2D eigenvalue weighted by Crippen LogP contribution is -2.61. The molecule has 5 rings (SSSR count). The van der Waals surface area contributed by atoms with Crippen LogP contribution < -0.4 is 10.7 Å². The molecule has 1 aromatic carbocycles. The molecule has 0 unspecified atom stereocenters. The average Bonchev–Trinajstić information content (AvgIpc) is 3.41. The van der Waals surface area contributed by atoms with E-state index in [9.17, 15) is 44.4 Å². The van der Waals surface area contributed by atoms with E-state index in [1.165, 1.54) is 34.3 Å². The minimum atomic E-state index is -2.05. The van der Waals surface area contributed by atoms with Crippen LogP contribution in [0.3, 0.4) is 0 Å². The number of ether oxygens (including phenoxy) is 10. The number of cyclic esters (lactones) is 1. The van der Waals surface area contributed by atoms with E-state index >= 15 is 0 Å². The number of hydrogen-bond acceptors (Lipinski definition) is 19. The van der Waals surface area contributed by atoms with Crippen molar-refractivity contribution in [2.45, 2.75) is 205 Å². The molecule has 448 valence electrons. The van der Waals surface area contributed by atoms with E-state index in [2.05, 4.69) is 5.32 Å². The Kier molecular flexibility index (Phi) is 23.8. The first-order valence-electron chi connectivity index (χ1n) is 27.9. The van der Waals surface area contributed by atoms with Crippen LogP contribution in [0.4, 0.5) is 0 Å². The number of fused-ring (bicyclic) bond motifs is 1. The van der Waals surface area contributed by atoms with E-state index in [1.807, 2.05) is 51.9 Å². The molecule has 2 aromatic rings. The summed E-state index contributed by atoms with van der Waals surface area (Å²) < 4.78 is 64.2. The van der Waals surface area contributed by atoms with Crippen molar-refractivity contribution in [2.75, 3.05) is 61.3 Å². The molecule has 79 heavy (non-hydrogen) atoms. The Morgan fingerprint density at radius 3 is 2.18 bits per heavy atom. The van der Waals surface area contributed by atoms with Crippen LogP contribution in [0.5, 0.6) is 0 Å². The molecule has 4 heterocycles. The molecule has 22 heteroatoms. The SMILES string of the molecule is CC[C@H]1OC(=O)[C@H](C)[C@@H](O[C@H]2C[C@@](C)(OC)[C@@H](OC(=O)CCOCCOCCCc3ccc4c(c3)c(=O)c(C(=O)O)cn4CC)[C@H](C)O2)[C@H](C)[C@@H](O[C@@H]2O[C@H](C)C[C@H](N(C)C)[C@H]2O)[C@](C)(OC)CCNC(=O)[C@H](C)[C@@H](O)[C@]1(C)O. The van der Waals surface area contributed by atoms with Gasteiger partial charge in [0.1, 0.15) is 29.0 Å². The summed E-state index contributed by atoms with van der Waals surface area (Å²) in [6.07, 6.45) is -7.01. The van der Waals surface area contributed by atoms with Crippen LogP contribution in [0.15, 0.2) is 29.2 Å². The summed E-state index contributed by atoms with van der Waals surface area (Å²) in [5, 5.41) is 47.7. The quantitative estimate of drug-likeness (QED) is 0.0873. The van der Waals surface area contributed by atoms with Gasteiger partial charge in [-0.3, -0.25) is 19.2 Å². The van der Waals surface area contributed by atoms with Gasteiger partial charge in [-0.05, 0) is 112 Å². The second-order valence-electron chi connectivity index (χ2n) is 22.5. The molecule has 0 radical (unpaired) electrons. The number of pyridine rings is 1. The van der Waals surface area contributed by atoms with Gasteiger partial charge in [0.25, 0.3) is 0 Å². The highest BCUT2D eigenvalue weighted by Crippen LogP contribution is 2.41. The van der Waals surface area contributed by atoms with Crippen molar-refractivity contribution < 1.29 is 87.0 Å². The Bertz CT molecular complexity index is 2400. The Morgan fingerprint density at radius 2 is 1.56 bits per heavy atom. The summed E-state index contributed by atoms with van der Waals surface area (Å²) in [5.41, 5.74) is -3.70. The topological polar surface area (TPSA) is 279 Å². The van der Waals surface area contributed by atoms with E-state index < -0.39 is 119 Å². The van der Waals surface area contributed by atoms with Crippen LogP contribution in [-0.2, 0) is 74.7 Å². The van der Waals surface area contributed by atoms with Crippen molar-refractivity contribution in [3.63, 3.8) is 0 Å². The largest absolute Gasteiger partial charge is 0.477 e. The summed E-state index contributed by atoms with van der Waals surface area (Å²) >= 11 is 0. The Labute approximate surface area is 464 Å². The number of carboxylic acid groups (broad SMARTS) is 1. The number of carbonyl (C=O) groups excluding carboxylic acids is 3. The number of methoxy groups -OCH3 is 2. The molecule has 22 nitrogen and oxygen atoms in total. The van der Waals surface area contributed by atoms with Crippen molar-refractivity contribution in [1.82, 2.24) is 14.8 Å². The first kappa shape index (κ1) is 65.6. The highest BCUT2D eigenvalue weighted by atomic mass is 16.7. The van der Waals surface area contributed by atoms with Gasteiger partial charge >= 0.3 is 17.9 Å². The molecular weight excluding hydrogens is 1030 g/mol. The summed E-state index contributed by atoms with van der Waals surface area (Å²) in [5.74, 6) is -6.16. The van der Waals surface area contributed by atoms with Gasteiger partial charge < -0.3 is 82.6 Å². The Morgan fingerprint density at radius 1 is 0.886 bits per heavy atom. The molecule has 3 saturated heterocycles. The number of aryl methyl sites for hydroxylation is 2. The van der Waals surface area contributed by atoms with E-state index in [0.717, 1.165) is 5.56 Å². The third kappa shape index (κ3) is 15.9. The van der Waals surface area contributed by atoms with Gasteiger partial charge in [-0.25, -0.2) is 4.79 Å². The number of benzene rings is 1. The lowest BCUT2D eigenvalue weighted by atomic mass is 9.79. The molecule has 0 saturated carbocycles. The van der Waals surface area contributed by atoms with Crippen LogP contribution in [0.1, 0.15) is 124 Å². The molecule has 3 aliphatic rings. The van der Waals surface area contributed by atoms with Crippen LogP contribution >= 0.6 is 0 Å². The molecule has 0 bridgehead atoms. The number of rotatable bonds is 21. The maximum absolute atomic E-state index is 14.6. The van der Waals surface area contributed by atoms with Gasteiger partial charge in [-0.1, -0.05) is 26.8 Å². The number of aromatic nitrogens is 1. The summed E-state index contributed by atoms with van der Waals surface area (Å²) in [6, 6.07) is 5.16. The van der Waals surface area contributed by atoms with Gasteiger partial charge in [-0.2, -0.15) is 0 Å². The van der Waals surface area contributed by atoms with Gasteiger partial charge in [0.15, 0.2) is 18.7 Å². The van der Waals surface area contributed by atoms with Gasteiger partial charge in [0.2, 0.25) is 11.3 Å². The van der Waals surface area contributed by atoms with Crippen LogP contribution in [-0.4, -0.2) is 199 Å². The molecule has 17 atom stereocenters. The van der Waals surface area contributed by atoms with Crippen LogP contribution in [0.2, 0.25) is 0 Å². The first-order valence-corrected chi connectivity index (χ1v) is 27.9. The molecule has 3 fully saturated rings. The third-order valence-electron chi connectivity index (χ3n) is 16.5. The standard InChI is InChI=1S/C57H91N3O19/c1-15-42-57(10,69)48(64)35(6)51(65)58-23-22-55(8,70-13)49(79-54-46(63)41(59(11)12)28-32(3)74-54)33(4)47(34(5)53(68)76-42)78-44-30-56(9,71-14)50(36(7)75-44)77-43(61)21-25-73-27-26-72-24-17-18-37-19-20-40-38(29-37)45(62)39(52(66)67)31-60(40)16-2/h19-20,29,31-36,41-42,44,46-50,54,63-64,69H,15-18,21-28,30H2,1-14H3,(H,58,65)(H,66,67)/t32-,33+,34-,35-,36+,41+,42-,44+,46-,47+,48-,49-,50+,54+,55-,56-,57-/m1/s1. The third-order valence-corrected chi connectivity index (χ3v) is 16.5. The zero-order valence-electron chi connectivity index (χ0n) is 48.9. The zero-order chi connectivity index (χ0) is 58.7. The van der Waals surface area contributed by atoms with Crippen molar-refractivity contribution in [3.05, 3.63) is 45.7 Å². The van der Waals surface area contributed by atoms with Crippen molar-refractivity contribution in [1.29, 1.82) is 0 Å². The molecule has 1 aromatic heterocycles.